The minimum absolute atomic E-state index is 0.837. The van der Waals surface area contributed by atoms with E-state index >= 15 is 0 Å². The van der Waals surface area contributed by atoms with Crippen molar-refractivity contribution in [3.05, 3.63) is 35.9 Å². The van der Waals surface area contributed by atoms with Crippen LogP contribution < -0.4 is 0 Å². The maximum Gasteiger partial charge on any atom is 0.0236 e. The zero-order valence-electron chi connectivity index (χ0n) is 16.0. The van der Waals surface area contributed by atoms with Gasteiger partial charge in [-0.3, -0.25) is 4.90 Å². The second-order valence-corrected chi connectivity index (χ2v) is 7.72. The van der Waals surface area contributed by atoms with Gasteiger partial charge in [0, 0.05) is 12.6 Å². The topological polar surface area (TPSA) is 3.24 Å². The van der Waals surface area contributed by atoms with Gasteiger partial charge in [-0.1, -0.05) is 101 Å². The Hall–Kier alpha value is -0.820. The number of benzene rings is 1. The predicted molar refractivity (Wildman–Crippen MR) is 106 cm³/mol. The molecule has 1 fully saturated rings. The van der Waals surface area contributed by atoms with Gasteiger partial charge in [0.1, 0.15) is 0 Å². The molecule has 136 valence electrons. The first-order chi connectivity index (χ1) is 11.9. The molecule has 2 rings (SSSR count). The third kappa shape index (κ3) is 7.83. The Balaban J connectivity index is 1.58. The summed E-state index contributed by atoms with van der Waals surface area (Å²) in [5.74, 6) is 0. The highest BCUT2D eigenvalue weighted by molar-refractivity contribution is 5.14. The highest BCUT2D eigenvalue weighted by atomic mass is 15.2. The fourth-order valence-corrected chi connectivity index (χ4v) is 4.10. The molecule has 1 aliphatic heterocycles. The highest BCUT2D eigenvalue weighted by Crippen LogP contribution is 2.24. The molecule has 24 heavy (non-hydrogen) atoms. The number of nitrogens with zero attached hydrogens (tertiary/aromatic N) is 1. The second-order valence-electron chi connectivity index (χ2n) is 7.72. The van der Waals surface area contributed by atoms with E-state index in [9.17, 15) is 0 Å². The third-order valence-electron chi connectivity index (χ3n) is 5.62. The molecule has 1 atom stereocenters. The van der Waals surface area contributed by atoms with Crippen LogP contribution >= 0.6 is 0 Å². The predicted octanol–water partition coefficient (Wildman–Crippen LogP) is 6.96. The van der Waals surface area contributed by atoms with Gasteiger partial charge in [0.05, 0.1) is 0 Å². The smallest absolute Gasteiger partial charge is 0.0236 e. The Morgan fingerprint density at radius 1 is 0.833 bits per heavy atom. The normalized spacial score (nSPS) is 18.8. The van der Waals surface area contributed by atoms with Crippen LogP contribution in [0.1, 0.15) is 96.0 Å². The lowest BCUT2D eigenvalue weighted by Gasteiger charge is -2.36. The molecular formula is C23H39N. The van der Waals surface area contributed by atoms with Crippen LogP contribution in [0.25, 0.3) is 0 Å². The molecule has 0 spiro atoms. The summed E-state index contributed by atoms with van der Waals surface area (Å²) in [4.78, 5) is 2.75. The highest BCUT2D eigenvalue weighted by Gasteiger charge is 2.21. The molecule has 1 saturated heterocycles. The van der Waals surface area contributed by atoms with E-state index in [1.165, 1.54) is 95.6 Å². The van der Waals surface area contributed by atoms with Crippen molar-refractivity contribution in [2.45, 2.75) is 103 Å². The molecule has 1 heterocycles. The van der Waals surface area contributed by atoms with E-state index in [1.807, 2.05) is 0 Å². The van der Waals surface area contributed by atoms with Crippen molar-refractivity contribution in [1.82, 2.24) is 4.90 Å². The van der Waals surface area contributed by atoms with Gasteiger partial charge in [0.25, 0.3) is 0 Å². The maximum atomic E-state index is 2.75. The average Bonchev–Trinajstić information content (AvgIpc) is 2.62. The molecule has 0 bridgehead atoms. The minimum Gasteiger partial charge on any atom is -0.296 e. The van der Waals surface area contributed by atoms with Gasteiger partial charge in [-0.25, -0.2) is 0 Å². The first-order valence-corrected chi connectivity index (χ1v) is 10.7. The molecule has 1 heteroatoms. The Kier molecular flexibility index (Phi) is 10.2. The molecule has 0 aromatic heterocycles. The van der Waals surface area contributed by atoms with Crippen molar-refractivity contribution >= 4 is 0 Å². The van der Waals surface area contributed by atoms with Crippen molar-refractivity contribution in [3.63, 3.8) is 0 Å². The van der Waals surface area contributed by atoms with Gasteiger partial charge in [-0.2, -0.15) is 0 Å². The molecule has 0 N–H and O–H groups in total. The van der Waals surface area contributed by atoms with E-state index in [-0.39, 0.29) is 0 Å². The van der Waals surface area contributed by atoms with E-state index in [4.69, 9.17) is 0 Å². The molecule has 1 aromatic carbocycles. The Labute approximate surface area is 150 Å². The first-order valence-electron chi connectivity index (χ1n) is 10.7. The van der Waals surface area contributed by atoms with Crippen molar-refractivity contribution in [1.29, 1.82) is 0 Å². The summed E-state index contributed by atoms with van der Waals surface area (Å²) in [6.45, 7) is 4.76. The summed E-state index contributed by atoms with van der Waals surface area (Å²) in [7, 11) is 0. The van der Waals surface area contributed by atoms with Crippen molar-refractivity contribution < 1.29 is 0 Å². The van der Waals surface area contributed by atoms with Crippen molar-refractivity contribution in [2.24, 2.45) is 0 Å². The number of rotatable bonds is 12. The van der Waals surface area contributed by atoms with E-state index in [1.54, 1.807) is 0 Å². The minimum atomic E-state index is 0.837. The van der Waals surface area contributed by atoms with Crippen LogP contribution in [-0.4, -0.2) is 17.5 Å². The SMILES string of the molecule is CCCCCCCCCCCC1CCCCN1Cc1ccccc1. The summed E-state index contributed by atoms with van der Waals surface area (Å²) < 4.78 is 0. The van der Waals surface area contributed by atoms with Gasteiger partial charge in [0.2, 0.25) is 0 Å². The lowest BCUT2D eigenvalue weighted by atomic mass is 9.95. The van der Waals surface area contributed by atoms with Gasteiger partial charge >= 0.3 is 0 Å². The molecular weight excluding hydrogens is 290 g/mol. The van der Waals surface area contributed by atoms with Gasteiger partial charge < -0.3 is 0 Å². The van der Waals surface area contributed by atoms with Crippen LogP contribution in [0.3, 0.4) is 0 Å². The zero-order chi connectivity index (χ0) is 16.9. The first kappa shape index (κ1) is 19.5. The number of piperidine rings is 1. The number of likely N-dealkylation sites (tertiary alicyclic amines) is 1. The summed E-state index contributed by atoms with van der Waals surface area (Å²) >= 11 is 0. The summed E-state index contributed by atoms with van der Waals surface area (Å²) in [6, 6.07) is 11.9. The Morgan fingerprint density at radius 3 is 2.21 bits per heavy atom. The quantitative estimate of drug-likeness (QED) is 0.374. The average molecular weight is 330 g/mol. The van der Waals surface area contributed by atoms with Gasteiger partial charge in [-0.05, 0) is 31.4 Å². The molecule has 0 amide bonds. The molecule has 0 radical (unpaired) electrons. The summed E-state index contributed by atoms with van der Waals surface area (Å²) in [5, 5.41) is 0. The summed E-state index contributed by atoms with van der Waals surface area (Å²) in [5.41, 5.74) is 1.48. The van der Waals surface area contributed by atoms with Crippen molar-refractivity contribution in [2.75, 3.05) is 6.54 Å². The van der Waals surface area contributed by atoms with Crippen LogP contribution in [0.15, 0.2) is 30.3 Å². The van der Waals surface area contributed by atoms with E-state index in [2.05, 4.69) is 42.2 Å². The lowest BCUT2D eigenvalue weighted by molar-refractivity contribution is 0.129. The molecule has 1 nitrogen and oxygen atoms in total. The number of hydrogen-bond donors (Lipinski definition) is 0. The van der Waals surface area contributed by atoms with Crippen LogP contribution in [-0.2, 0) is 6.54 Å². The molecule has 0 saturated carbocycles. The van der Waals surface area contributed by atoms with Crippen molar-refractivity contribution in [3.8, 4) is 0 Å². The fraction of sp³-hybridized carbons (Fsp3) is 0.739. The zero-order valence-corrected chi connectivity index (χ0v) is 16.0. The van der Waals surface area contributed by atoms with Crippen LogP contribution in [0.2, 0.25) is 0 Å². The molecule has 1 aromatic rings. The van der Waals surface area contributed by atoms with Crippen LogP contribution in [0.5, 0.6) is 0 Å². The number of hydrogen-bond acceptors (Lipinski definition) is 1. The van der Waals surface area contributed by atoms with Gasteiger partial charge in [-0.15, -0.1) is 0 Å². The Bertz CT molecular complexity index is 400. The Morgan fingerprint density at radius 2 is 1.50 bits per heavy atom. The lowest BCUT2D eigenvalue weighted by Crippen LogP contribution is -2.38. The van der Waals surface area contributed by atoms with E-state index in [0.29, 0.717) is 0 Å². The monoisotopic (exact) mass is 329 g/mol. The maximum absolute atomic E-state index is 2.75. The van der Waals surface area contributed by atoms with E-state index < -0.39 is 0 Å². The third-order valence-corrected chi connectivity index (χ3v) is 5.62. The molecule has 1 aliphatic rings. The number of unbranched alkanes of at least 4 members (excludes halogenated alkanes) is 8. The largest absolute Gasteiger partial charge is 0.296 e. The van der Waals surface area contributed by atoms with E-state index in [0.717, 1.165) is 12.6 Å². The standard InChI is InChI=1S/C23H39N/c1-2-3-4-5-6-7-8-9-13-18-23-19-14-15-20-24(23)21-22-16-11-10-12-17-22/h10-12,16-17,23H,2-9,13-15,18-21H2,1H3. The summed E-state index contributed by atoms with van der Waals surface area (Å²) in [6.07, 6.45) is 18.6. The van der Waals surface area contributed by atoms with Gasteiger partial charge in [0.15, 0.2) is 0 Å². The van der Waals surface area contributed by atoms with Crippen LogP contribution in [0, 0.1) is 0 Å². The fourth-order valence-electron chi connectivity index (χ4n) is 4.10. The second kappa shape index (κ2) is 12.5. The molecule has 1 unspecified atom stereocenters. The molecule has 0 aliphatic carbocycles. The van der Waals surface area contributed by atoms with Crippen LogP contribution in [0.4, 0.5) is 0 Å².